The van der Waals surface area contributed by atoms with E-state index in [0.717, 1.165) is 22.3 Å². The molecule has 0 aliphatic rings. The Morgan fingerprint density at radius 1 is 0.868 bits per heavy atom. The van der Waals surface area contributed by atoms with Crippen LogP contribution in [0.4, 0.5) is 5.69 Å². The first-order valence-corrected chi connectivity index (χ1v) is 14.3. The molecule has 0 unspecified atom stereocenters. The van der Waals surface area contributed by atoms with E-state index in [4.69, 9.17) is 0 Å². The zero-order valence-electron chi connectivity index (χ0n) is 22.8. The average Bonchev–Trinajstić information content (AvgIpc) is 2.89. The monoisotopic (exact) mass is 535 g/mol. The molecule has 0 aliphatic carbocycles. The number of carbonyl (C=O) groups is 2. The van der Waals surface area contributed by atoms with Crippen molar-refractivity contribution in [2.45, 2.75) is 58.5 Å². The summed E-state index contributed by atoms with van der Waals surface area (Å²) in [5.41, 5.74) is 3.81. The SMILES string of the molecule is CCNC(=O)[C@H](CC)N(Cc1ccccc1)C(=O)CN(c1cc(C)ccc1C)S(=O)(=O)c1ccc(C)cc1. The molecule has 8 heteroatoms. The first kappa shape index (κ1) is 28.9. The third-order valence-electron chi connectivity index (χ3n) is 6.45. The Balaban J connectivity index is 2.09. The fourth-order valence-electron chi connectivity index (χ4n) is 4.33. The summed E-state index contributed by atoms with van der Waals surface area (Å²) < 4.78 is 29.1. The summed E-state index contributed by atoms with van der Waals surface area (Å²) in [5.74, 6) is -0.720. The van der Waals surface area contributed by atoms with Crippen LogP contribution in [-0.2, 0) is 26.2 Å². The van der Waals surface area contributed by atoms with Crippen LogP contribution >= 0.6 is 0 Å². The topological polar surface area (TPSA) is 86.8 Å². The van der Waals surface area contributed by atoms with Crippen molar-refractivity contribution in [3.63, 3.8) is 0 Å². The van der Waals surface area contributed by atoms with Gasteiger partial charge >= 0.3 is 0 Å². The Labute approximate surface area is 226 Å². The number of hydrogen-bond donors (Lipinski definition) is 1. The summed E-state index contributed by atoms with van der Waals surface area (Å²) in [4.78, 5) is 28.6. The number of likely N-dealkylation sites (N-methyl/N-ethyl adjacent to an activating group) is 1. The minimum Gasteiger partial charge on any atom is -0.355 e. The molecule has 202 valence electrons. The maximum absolute atomic E-state index is 14.0. The van der Waals surface area contributed by atoms with Gasteiger partial charge in [0.1, 0.15) is 12.6 Å². The van der Waals surface area contributed by atoms with Crippen LogP contribution in [-0.4, -0.2) is 44.3 Å². The van der Waals surface area contributed by atoms with Gasteiger partial charge in [-0.3, -0.25) is 13.9 Å². The molecule has 7 nitrogen and oxygen atoms in total. The van der Waals surface area contributed by atoms with E-state index in [1.54, 1.807) is 30.3 Å². The first-order chi connectivity index (χ1) is 18.1. The summed E-state index contributed by atoms with van der Waals surface area (Å²) in [6.07, 6.45) is 0.387. The molecule has 1 atom stereocenters. The van der Waals surface area contributed by atoms with E-state index in [-0.39, 0.29) is 17.3 Å². The van der Waals surface area contributed by atoms with Gasteiger partial charge in [-0.15, -0.1) is 0 Å². The Kier molecular flexibility index (Phi) is 9.69. The smallest absolute Gasteiger partial charge is 0.264 e. The summed E-state index contributed by atoms with van der Waals surface area (Å²) in [5, 5.41) is 2.82. The number of benzene rings is 3. The van der Waals surface area contributed by atoms with E-state index in [0.29, 0.717) is 18.7 Å². The molecule has 0 saturated carbocycles. The second-order valence-corrected chi connectivity index (χ2v) is 11.3. The van der Waals surface area contributed by atoms with Crippen molar-refractivity contribution in [3.05, 3.63) is 95.1 Å². The molecule has 0 aromatic heterocycles. The zero-order valence-corrected chi connectivity index (χ0v) is 23.6. The largest absolute Gasteiger partial charge is 0.355 e. The molecule has 0 heterocycles. The fraction of sp³-hybridized carbons (Fsp3) is 0.333. The lowest BCUT2D eigenvalue weighted by molar-refractivity contribution is -0.140. The molecule has 0 radical (unpaired) electrons. The molecule has 38 heavy (non-hydrogen) atoms. The number of amides is 2. The van der Waals surface area contributed by atoms with Gasteiger partial charge in [-0.25, -0.2) is 8.42 Å². The van der Waals surface area contributed by atoms with Crippen LogP contribution in [0.5, 0.6) is 0 Å². The molecule has 0 saturated heterocycles. The third-order valence-corrected chi connectivity index (χ3v) is 8.23. The van der Waals surface area contributed by atoms with Gasteiger partial charge < -0.3 is 10.2 Å². The molecule has 2 amide bonds. The predicted octanol–water partition coefficient (Wildman–Crippen LogP) is 4.75. The molecule has 0 bridgehead atoms. The quantitative estimate of drug-likeness (QED) is 0.384. The first-order valence-electron chi connectivity index (χ1n) is 12.9. The van der Waals surface area contributed by atoms with Gasteiger partial charge in [0, 0.05) is 13.1 Å². The van der Waals surface area contributed by atoms with Crippen LogP contribution in [0, 0.1) is 20.8 Å². The van der Waals surface area contributed by atoms with Gasteiger partial charge in [0.2, 0.25) is 11.8 Å². The minimum absolute atomic E-state index is 0.0992. The van der Waals surface area contributed by atoms with E-state index < -0.39 is 28.5 Å². The second kappa shape index (κ2) is 12.7. The Bertz CT molecular complexity index is 1360. The second-order valence-electron chi connectivity index (χ2n) is 9.44. The van der Waals surface area contributed by atoms with Crippen molar-refractivity contribution in [2.24, 2.45) is 0 Å². The van der Waals surface area contributed by atoms with Crippen LogP contribution in [0.25, 0.3) is 0 Å². The number of carbonyl (C=O) groups excluding carboxylic acids is 2. The summed E-state index contributed by atoms with van der Waals surface area (Å²) in [7, 11) is -4.09. The van der Waals surface area contributed by atoms with Crippen molar-refractivity contribution < 1.29 is 18.0 Å². The number of aryl methyl sites for hydroxylation is 3. The molecular formula is C30H37N3O4S. The van der Waals surface area contributed by atoms with Gasteiger partial charge in [0.05, 0.1) is 10.6 Å². The summed E-state index contributed by atoms with van der Waals surface area (Å²) in [6, 6.07) is 20.8. The van der Waals surface area contributed by atoms with Crippen molar-refractivity contribution >= 4 is 27.5 Å². The summed E-state index contributed by atoms with van der Waals surface area (Å²) in [6.45, 7) is 9.42. The average molecular weight is 536 g/mol. The Hall–Kier alpha value is -3.65. The highest BCUT2D eigenvalue weighted by Gasteiger charge is 2.34. The highest BCUT2D eigenvalue weighted by molar-refractivity contribution is 7.92. The van der Waals surface area contributed by atoms with Crippen molar-refractivity contribution in [2.75, 3.05) is 17.4 Å². The van der Waals surface area contributed by atoms with Gasteiger partial charge in [-0.1, -0.05) is 67.1 Å². The predicted molar refractivity (Wildman–Crippen MR) is 151 cm³/mol. The van der Waals surface area contributed by atoms with E-state index >= 15 is 0 Å². The van der Waals surface area contributed by atoms with Crippen LogP contribution < -0.4 is 9.62 Å². The van der Waals surface area contributed by atoms with Crippen molar-refractivity contribution in [3.8, 4) is 0 Å². The lowest BCUT2D eigenvalue weighted by Crippen LogP contribution is -2.52. The highest BCUT2D eigenvalue weighted by atomic mass is 32.2. The maximum Gasteiger partial charge on any atom is 0.264 e. The zero-order chi connectivity index (χ0) is 27.9. The number of sulfonamides is 1. The van der Waals surface area contributed by atoms with Crippen LogP contribution in [0.1, 0.15) is 42.5 Å². The van der Waals surface area contributed by atoms with Gasteiger partial charge in [-0.05, 0) is 69.0 Å². The lowest BCUT2D eigenvalue weighted by atomic mass is 10.1. The fourth-order valence-corrected chi connectivity index (χ4v) is 5.80. The number of anilines is 1. The lowest BCUT2D eigenvalue weighted by Gasteiger charge is -2.33. The normalized spacial score (nSPS) is 12.0. The Morgan fingerprint density at radius 3 is 2.11 bits per heavy atom. The molecule has 3 rings (SSSR count). The third kappa shape index (κ3) is 6.81. The molecular weight excluding hydrogens is 498 g/mol. The highest BCUT2D eigenvalue weighted by Crippen LogP contribution is 2.29. The van der Waals surface area contributed by atoms with Gasteiger partial charge in [-0.2, -0.15) is 0 Å². The maximum atomic E-state index is 14.0. The van der Waals surface area contributed by atoms with Crippen LogP contribution in [0.3, 0.4) is 0 Å². The molecule has 0 fully saturated rings. The number of hydrogen-bond acceptors (Lipinski definition) is 4. The standard InChI is InChI=1S/C30H37N3O4S/c1-6-27(30(35)31-7-2)32(20-25-11-9-8-10-12-25)29(34)21-33(28-19-23(4)13-16-24(28)5)38(36,37)26-17-14-22(3)15-18-26/h8-19,27H,6-7,20-21H2,1-5H3,(H,31,35)/t27-/m0/s1. The molecule has 0 aliphatic heterocycles. The molecule has 3 aromatic rings. The van der Waals surface area contributed by atoms with Crippen LogP contribution in [0.2, 0.25) is 0 Å². The number of rotatable bonds is 11. The summed E-state index contributed by atoms with van der Waals surface area (Å²) >= 11 is 0. The van der Waals surface area contributed by atoms with Gasteiger partial charge in [0.15, 0.2) is 0 Å². The number of nitrogens with zero attached hydrogens (tertiary/aromatic N) is 2. The molecule has 1 N–H and O–H groups in total. The van der Waals surface area contributed by atoms with E-state index in [2.05, 4.69) is 5.32 Å². The number of nitrogens with one attached hydrogen (secondary N) is 1. The van der Waals surface area contributed by atoms with E-state index in [1.165, 1.54) is 9.21 Å². The van der Waals surface area contributed by atoms with E-state index in [1.807, 2.05) is 77.1 Å². The minimum atomic E-state index is -4.09. The Morgan fingerprint density at radius 2 is 1.50 bits per heavy atom. The van der Waals surface area contributed by atoms with E-state index in [9.17, 15) is 18.0 Å². The van der Waals surface area contributed by atoms with Crippen molar-refractivity contribution in [1.29, 1.82) is 0 Å². The van der Waals surface area contributed by atoms with Crippen LogP contribution in [0.15, 0.2) is 77.7 Å². The molecule has 0 spiro atoms. The van der Waals surface area contributed by atoms with Gasteiger partial charge in [0.25, 0.3) is 10.0 Å². The molecule has 3 aromatic carbocycles. The van der Waals surface area contributed by atoms with Crippen molar-refractivity contribution in [1.82, 2.24) is 10.2 Å².